The maximum absolute atomic E-state index is 13.9. The number of benzene rings is 2. The first-order valence-corrected chi connectivity index (χ1v) is 7.13. The van der Waals surface area contributed by atoms with Gasteiger partial charge in [-0.05, 0) is 36.8 Å². The number of aryl methyl sites for hydroxylation is 1. The van der Waals surface area contributed by atoms with E-state index in [-0.39, 0.29) is 16.6 Å². The summed E-state index contributed by atoms with van der Waals surface area (Å²) in [5.74, 6) is 0.331. The molecule has 0 saturated carbocycles. The molecule has 0 bridgehead atoms. The Morgan fingerprint density at radius 1 is 1.29 bits per heavy atom. The van der Waals surface area contributed by atoms with Gasteiger partial charge in [0.15, 0.2) is 5.82 Å². The van der Waals surface area contributed by atoms with Crippen LogP contribution in [0.4, 0.5) is 4.39 Å². The Bertz CT molecular complexity index is 813. The van der Waals surface area contributed by atoms with E-state index in [2.05, 4.69) is 11.9 Å². The van der Waals surface area contributed by atoms with Crippen LogP contribution in [0.15, 0.2) is 36.4 Å². The summed E-state index contributed by atoms with van der Waals surface area (Å²) < 4.78 is 15.9. The Balaban J connectivity index is 2.27. The van der Waals surface area contributed by atoms with E-state index >= 15 is 0 Å². The van der Waals surface area contributed by atoms with Crippen LogP contribution in [0, 0.1) is 5.82 Å². The first-order valence-electron chi connectivity index (χ1n) is 6.75. The van der Waals surface area contributed by atoms with Gasteiger partial charge in [0.1, 0.15) is 17.1 Å². The number of nitrogens with zero attached hydrogens (tertiary/aromatic N) is 2. The van der Waals surface area contributed by atoms with Crippen LogP contribution in [0.3, 0.4) is 0 Å². The minimum atomic E-state index is -0.339. The number of phenolic OH excluding ortho intramolecular Hbond substituents is 1. The summed E-state index contributed by atoms with van der Waals surface area (Å²) in [5.41, 5.74) is 1.86. The van der Waals surface area contributed by atoms with Gasteiger partial charge in [0.25, 0.3) is 0 Å². The van der Waals surface area contributed by atoms with Crippen molar-refractivity contribution in [3.63, 3.8) is 0 Å². The SMILES string of the molecule is CCCn1c(-c2ccc(O)c(Cl)c2)nc2c(F)cccc21. The average Bonchev–Trinajstić information content (AvgIpc) is 2.83. The van der Waals surface area contributed by atoms with Crippen molar-refractivity contribution < 1.29 is 9.50 Å². The highest BCUT2D eigenvalue weighted by atomic mass is 35.5. The van der Waals surface area contributed by atoms with Crippen LogP contribution in [0.25, 0.3) is 22.4 Å². The van der Waals surface area contributed by atoms with E-state index in [9.17, 15) is 9.50 Å². The van der Waals surface area contributed by atoms with Crippen LogP contribution >= 0.6 is 11.6 Å². The van der Waals surface area contributed by atoms with Gasteiger partial charge in [-0.15, -0.1) is 0 Å². The summed E-state index contributed by atoms with van der Waals surface area (Å²) in [4.78, 5) is 4.42. The number of hydrogen-bond acceptors (Lipinski definition) is 2. The molecule has 0 aliphatic carbocycles. The van der Waals surface area contributed by atoms with Crippen molar-refractivity contribution in [1.82, 2.24) is 9.55 Å². The third-order valence-electron chi connectivity index (χ3n) is 3.38. The lowest BCUT2D eigenvalue weighted by atomic mass is 10.2. The maximum Gasteiger partial charge on any atom is 0.151 e. The molecule has 3 aromatic rings. The molecule has 21 heavy (non-hydrogen) atoms. The van der Waals surface area contributed by atoms with Gasteiger partial charge in [0.05, 0.1) is 10.5 Å². The lowest BCUT2D eigenvalue weighted by Gasteiger charge is -2.08. The second-order valence-electron chi connectivity index (χ2n) is 4.86. The third-order valence-corrected chi connectivity index (χ3v) is 3.69. The van der Waals surface area contributed by atoms with Crippen LogP contribution in [0.1, 0.15) is 13.3 Å². The molecule has 0 aliphatic heterocycles. The van der Waals surface area contributed by atoms with Crippen LogP contribution in [0.5, 0.6) is 5.75 Å². The summed E-state index contributed by atoms with van der Waals surface area (Å²) in [6, 6.07) is 9.82. The van der Waals surface area contributed by atoms with Gasteiger partial charge in [0, 0.05) is 12.1 Å². The molecule has 0 aliphatic rings. The summed E-state index contributed by atoms with van der Waals surface area (Å²) >= 11 is 5.96. The normalized spacial score (nSPS) is 11.2. The molecule has 1 heterocycles. The van der Waals surface area contributed by atoms with E-state index in [1.54, 1.807) is 18.2 Å². The van der Waals surface area contributed by atoms with Gasteiger partial charge in [0.2, 0.25) is 0 Å². The number of imidazole rings is 1. The molecule has 0 atom stereocenters. The fourth-order valence-corrected chi connectivity index (χ4v) is 2.61. The van der Waals surface area contributed by atoms with E-state index < -0.39 is 0 Å². The lowest BCUT2D eigenvalue weighted by molar-refractivity contribution is 0.475. The fraction of sp³-hybridized carbons (Fsp3) is 0.188. The molecule has 108 valence electrons. The van der Waals surface area contributed by atoms with Crippen molar-refractivity contribution in [3.8, 4) is 17.1 Å². The Kier molecular flexibility index (Phi) is 3.55. The number of hydrogen-bond donors (Lipinski definition) is 1. The first-order chi connectivity index (χ1) is 10.1. The standard InChI is InChI=1S/C16H14ClFN2O/c1-2-8-20-13-5-3-4-12(18)15(13)19-16(20)10-6-7-14(21)11(17)9-10/h3-7,9,21H,2,8H2,1H3. The maximum atomic E-state index is 13.9. The minimum Gasteiger partial charge on any atom is -0.506 e. The van der Waals surface area contributed by atoms with E-state index in [1.165, 1.54) is 12.1 Å². The molecule has 0 radical (unpaired) electrons. The quantitative estimate of drug-likeness (QED) is 0.767. The van der Waals surface area contributed by atoms with E-state index in [4.69, 9.17) is 11.6 Å². The summed E-state index contributed by atoms with van der Waals surface area (Å²) in [7, 11) is 0. The van der Waals surface area contributed by atoms with Crippen LogP contribution in [-0.4, -0.2) is 14.7 Å². The number of fused-ring (bicyclic) bond motifs is 1. The Morgan fingerprint density at radius 3 is 2.81 bits per heavy atom. The molecule has 5 heteroatoms. The van der Waals surface area contributed by atoms with Crippen molar-refractivity contribution in [2.75, 3.05) is 0 Å². The fourth-order valence-electron chi connectivity index (χ4n) is 2.43. The van der Waals surface area contributed by atoms with Crippen LogP contribution in [0.2, 0.25) is 5.02 Å². The van der Waals surface area contributed by atoms with Gasteiger partial charge >= 0.3 is 0 Å². The molecule has 1 N–H and O–H groups in total. The smallest absolute Gasteiger partial charge is 0.151 e. The molecule has 0 spiro atoms. The second-order valence-corrected chi connectivity index (χ2v) is 5.27. The largest absolute Gasteiger partial charge is 0.506 e. The van der Waals surface area contributed by atoms with Crippen molar-refractivity contribution in [1.29, 1.82) is 0 Å². The van der Waals surface area contributed by atoms with E-state index in [1.807, 2.05) is 10.6 Å². The molecule has 3 rings (SSSR count). The molecule has 1 aromatic heterocycles. The Labute approximate surface area is 126 Å². The number of aromatic hydroxyl groups is 1. The average molecular weight is 305 g/mol. The molecule has 0 fully saturated rings. The van der Waals surface area contributed by atoms with Crippen molar-refractivity contribution >= 4 is 22.6 Å². The van der Waals surface area contributed by atoms with Gasteiger partial charge < -0.3 is 9.67 Å². The highest BCUT2D eigenvalue weighted by Crippen LogP contribution is 2.31. The number of rotatable bonds is 3. The number of phenols is 1. The predicted octanol–water partition coefficient (Wildman–Crippen LogP) is 4.61. The van der Waals surface area contributed by atoms with Crippen LogP contribution in [-0.2, 0) is 6.54 Å². The van der Waals surface area contributed by atoms with Gasteiger partial charge in [-0.3, -0.25) is 0 Å². The second kappa shape index (κ2) is 5.37. The minimum absolute atomic E-state index is 0.0183. The van der Waals surface area contributed by atoms with Gasteiger partial charge in [-0.1, -0.05) is 24.6 Å². The highest BCUT2D eigenvalue weighted by Gasteiger charge is 2.15. The number of para-hydroxylation sites is 1. The van der Waals surface area contributed by atoms with E-state index in [0.29, 0.717) is 11.3 Å². The zero-order chi connectivity index (χ0) is 15.0. The highest BCUT2D eigenvalue weighted by molar-refractivity contribution is 6.32. The molecule has 3 nitrogen and oxygen atoms in total. The van der Waals surface area contributed by atoms with Crippen molar-refractivity contribution in [3.05, 3.63) is 47.2 Å². The van der Waals surface area contributed by atoms with Gasteiger partial charge in [-0.2, -0.15) is 0 Å². The summed E-state index contributed by atoms with van der Waals surface area (Å²) in [6.07, 6.45) is 0.904. The third kappa shape index (κ3) is 2.36. The monoisotopic (exact) mass is 304 g/mol. The molecule has 0 unspecified atom stereocenters. The molecule has 0 saturated heterocycles. The first kappa shape index (κ1) is 13.9. The molecular weight excluding hydrogens is 291 g/mol. The number of aromatic nitrogens is 2. The zero-order valence-electron chi connectivity index (χ0n) is 11.5. The lowest BCUT2D eigenvalue weighted by Crippen LogP contribution is -1.99. The van der Waals surface area contributed by atoms with E-state index in [0.717, 1.165) is 24.0 Å². The Hall–Kier alpha value is -2.07. The van der Waals surface area contributed by atoms with Gasteiger partial charge in [-0.25, -0.2) is 9.37 Å². The molecule has 2 aromatic carbocycles. The zero-order valence-corrected chi connectivity index (χ0v) is 12.2. The topological polar surface area (TPSA) is 38.0 Å². The summed E-state index contributed by atoms with van der Waals surface area (Å²) in [5, 5.41) is 9.78. The molecular formula is C16H14ClFN2O. The molecule has 0 amide bonds. The summed E-state index contributed by atoms with van der Waals surface area (Å²) in [6.45, 7) is 2.78. The predicted molar refractivity (Wildman–Crippen MR) is 82.1 cm³/mol. The van der Waals surface area contributed by atoms with Crippen molar-refractivity contribution in [2.45, 2.75) is 19.9 Å². The Morgan fingerprint density at radius 2 is 2.10 bits per heavy atom. The van der Waals surface area contributed by atoms with Crippen LogP contribution < -0.4 is 0 Å². The number of halogens is 2. The van der Waals surface area contributed by atoms with Crippen molar-refractivity contribution in [2.24, 2.45) is 0 Å².